The van der Waals surface area contributed by atoms with Gasteiger partial charge in [0.1, 0.15) is 0 Å². The molecular formula is C18H27NOSi. The second-order valence-electron chi connectivity index (χ2n) is 6.15. The van der Waals surface area contributed by atoms with Crippen molar-refractivity contribution in [1.29, 1.82) is 0 Å². The second-order valence-corrected chi connectivity index (χ2v) is 11.4. The Bertz CT molecular complexity index is 486. The van der Waals surface area contributed by atoms with Gasteiger partial charge in [-0.1, -0.05) is 61.2 Å². The molecule has 1 atom stereocenters. The predicted octanol–water partition coefficient (Wildman–Crippen LogP) is 4.82. The van der Waals surface area contributed by atoms with Gasteiger partial charge in [0.25, 0.3) is 0 Å². The molecule has 1 rings (SSSR count). The molecule has 1 aromatic rings. The van der Waals surface area contributed by atoms with Crippen molar-refractivity contribution in [2.45, 2.75) is 32.6 Å². The van der Waals surface area contributed by atoms with Gasteiger partial charge in [-0.3, -0.25) is 4.99 Å². The molecule has 0 aromatic heterocycles. The van der Waals surface area contributed by atoms with Crippen LogP contribution in [0.15, 0.2) is 59.3 Å². The number of nitrogens with zero attached hydrogens (tertiary/aromatic N) is 1. The number of ether oxygens (including phenoxy) is 1. The molecule has 0 aliphatic rings. The van der Waals surface area contributed by atoms with Gasteiger partial charge in [0, 0.05) is 6.21 Å². The van der Waals surface area contributed by atoms with Crippen molar-refractivity contribution in [3.05, 3.63) is 59.8 Å². The van der Waals surface area contributed by atoms with Crippen LogP contribution in [0.3, 0.4) is 0 Å². The van der Waals surface area contributed by atoms with Crippen LogP contribution in [0.25, 0.3) is 0 Å². The lowest BCUT2D eigenvalue weighted by Crippen LogP contribution is -2.22. The van der Waals surface area contributed by atoms with Crippen LogP contribution in [0.5, 0.6) is 0 Å². The Morgan fingerprint density at radius 1 is 1.29 bits per heavy atom. The van der Waals surface area contributed by atoms with Crippen molar-refractivity contribution >= 4 is 14.3 Å². The lowest BCUT2D eigenvalue weighted by molar-refractivity contribution is 0.148. The highest BCUT2D eigenvalue weighted by molar-refractivity contribution is 6.83. The van der Waals surface area contributed by atoms with E-state index in [9.17, 15) is 0 Å². The summed E-state index contributed by atoms with van der Waals surface area (Å²) in [4.78, 5) is 4.68. The molecule has 1 aromatic carbocycles. The average Bonchev–Trinajstić information content (AvgIpc) is 2.45. The van der Waals surface area contributed by atoms with Crippen LogP contribution >= 0.6 is 0 Å². The Labute approximate surface area is 130 Å². The van der Waals surface area contributed by atoms with Gasteiger partial charge in [0.15, 0.2) is 0 Å². The highest BCUT2D eigenvalue weighted by Crippen LogP contribution is 2.18. The zero-order valence-corrected chi connectivity index (χ0v) is 14.7. The third-order valence-corrected chi connectivity index (χ3v) is 6.00. The monoisotopic (exact) mass is 301 g/mol. The fourth-order valence-electron chi connectivity index (χ4n) is 1.67. The molecule has 114 valence electrons. The van der Waals surface area contributed by atoms with Crippen molar-refractivity contribution in [1.82, 2.24) is 0 Å². The Hall–Kier alpha value is -1.45. The first kappa shape index (κ1) is 17.6. The maximum Gasteiger partial charge on any atom is 0.0982 e. The van der Waals surface area contributed by atoms with Crippen LogP contribution in [0.4, 0.5) is 0 Å². The molecule has 3 heteroatoms. The van der Waals surface area contributed by atoms with Crippen LogP contribution in [0.2, 0.25) is 19.6 Å². The van der Waals surface area contributed by atoms with Crippen LogP contribution in [0, 0.1) is 0 Å². The minimum absolute atomic E-state index is 0.0387. The maximum absolute atomic E-state index is 5.58. The molecular weight excluding hydrogens is 274 g/mol. The molecule has 0 aliphatic carbocycles. The summed E-state index contributed by atoms with van der Waals surface area (Å²) in [5.41, 5.74) is 1.18. The molecule has 0 saturated heterocycles. The van der Waals surface area contributed by atoms with E-state index in [4.69, 9.17) is 4.74 Å². The van der Waals surface area contributed by atoms with Crippen molar-refractivity contribution in [2.75, 3.05) is 13.2 Å². The van der Waals surface area contributed by atoms with Crippen LogP contribution in [-0.4, -0.2) is 27.5 Å². The fourth-order valence-corrected chi connectivity index (χ4v) is 2.25. The van der Waals surface area contributed by atoms with Gasteiger partial charge < -0.3 is 4.74 Å². The van der Waals surface area contributed by atoms with Crippen molar-refractivity contribution < 1.29 is 4.74 Å². The smallest absolute Gasteiger partial charge is 0.0982 e. The summed E-state index contributed by atoms with van der Waals surface area (Å²) in [5, 5.41) is 1.45. The molecule has 0 heterocycles. The van der Waals surface area contributed by atoms with Gasteiger partial charge in [-0.25, -0.2) is 0 Å². The van der Waals surface area contributed by atoms with Crippen molar-refractivity contribution in [3.8, 4) is 0 Å². The van der Waals surface area contributed by atoms with Gasteiger partial charge in [-0.2, -0.15) is 0 Å². The summed E-state index contributed by atoms with van der Waals surface area (Å²) in [6.07, 6.45) is 5.85. The summed E-state index contributed by atoms with van der Waals surface area (Å²) in [6, 6.07) is 10.3. The standard InChI is InChI=1S/C18H27NOSi/c1-6-14-20-15-18(17-10-8-7-9-11-17)19-13-12-16(2)21(3,4)5/h6-13,18H,1,14-15H2,2-5H3/b16-12+,19-13?/t18-/m0/s1. The summed E-state index contributed by atoms with van der Waals surface area (Å²) in [7, 11) is -1.22. The minimum atomic E-state index is -1.22. The minimum Gasteiger partial charge on any atom is -0.375 e. The number of rotatable bonds is 8. The summed E-state index contributed by atoms with van der Waals surface area (Å²) in [5.74, 6) is 0. The lowest BCUT2D eigenvalue weighted by Gasteiger charge is -2.16. The number of allylic oxidation sites excluding steroid dienone is 2. The molecule has 0 fully saturated rings. The number of aliphatic imine (C=N–C) groups is 1. The lowest BCUT2D eigenvalue weighted by atomic mass is 10.1. The van der Waals surface area contributed by atoms with Crippen molar-refractivity contribution in [2.24, 2.45) is 4.99 Å². The maximum atomic E-state index is 5.58. The molecule has 21 heavy (non-hydrogen) atoms. The van der Waals surface area contributed by atoms with E-state index in [1.807, 2.05) is 24.4 Å². The Morgan fingerprint density at radius 2 is 1.95 bits per heavy atom. The van der Waals surface area contributed by atoms with Crippen molar-refractivity contribution in [3.63, 3.8) is 0 Å². The largest absolute Gasteiger partial charge is 0.375 e. The van der Waals surface area contributed by atoms with E-state index in [0.717, 1.165) is 0 Å². The van der Waals surface area contributed by atoms with Gasteiger partial charge in [0.05, 0.1) is 27.3 Å². The van der Waals surface area contributed by atoms with Gasteiger partial charge in [-0.15, -0.1) is 6.58 Å². The first-order valence-corrected chi connectivity index (χ1v) is 10.9. The topological polar surface area (TPSA) is 21.6 Å². The summed E-state index contributed by atoms with van der Waals surface area (Å²) in [6.45, 7) is 14.0. The molecule has 0 saturated carbocycles. The Morgan fingerprint density at radius 3 is 2.52 bits per heavy atom. The summed E-state index contributed by atoms with van der Waals surface area (Å²) < 4.78 is 5.58. The zero-order chi connectivity index (χ0) is 15.7. The van der Waals surface area contributed by atoms with Gasteiger partial charge in [-0.05, 0) is 18.6 Å². The SMILES string of the molecule is C=CCOC[C@H](N=C/C=C(\C)[Si](C)(C)C)c1ccccc1. The fraction of sp³-hybridized carbons (Fsp3) is 0.389. The first-order valence-electron chi connectivity index (χ1n) is 7.39. The van der Waals surface area contributed by atoms with E-state index in [1.165, 1.54) is 10.8 Å². The highest BCUT2D eigenvalue weighted by atomic mass is 28.3. The van der Waals surface area contributed by atoms with E-state index in [-0.39, 0.29) is 6.04 Å². The molecule has 0 amide bonds. The van der Waals surface area contributed by atoms with Gasteiger partial charge >= 0.3 is 0 Å². The van der Waals surface area contributed by atoms with Gasteiger partial charge in [0.2, 0.25) is 0 Å². The number of hydrogen-bond donors (Lipinski definition) is 0. The van der Waals surface area contributed by atoms with E-state index < -0.39 is 8.07 Å². The normalized spacial score (nSPS) is 14.4. The first-order chi connectivity index (χ1) is 9.95. The van der Waals surface area contributed by atoms with E-state index in [2.05, 4.69) is 56.3 Å². The molecule has 0 bridgehead atoms. The molecule has 0 radical (unpaired) electrons. The highest BCUT2D eigenvalue weighted by Gasteiger charge is 2.14. The molecule has 0 spiro atoms. The molecule has 0 unspecified atom stereocenters. The number of hydrogen-bond acceptors (Lipinski definition) is 2. The van der Waals surface area contributed by atoms with Crippen LogP contribution in [0.1, 0.15) is 18.5 Å². The third kappa shape index (κ3) is 6.69. The molecule has 2 nitrogen and oxygen atoms in total. The average molecular weight is 302 g/mol. The molecule has 0 N–H and O–H groups in total. The second kappa shape index (κ2) is 8.75. The Balaban J connectivity index is 2.80. The van der Waals surface area contributed by atoms with E-state index >= 15 is 0 Å². The third-order valence-electron chi connectivity index (χ3n) is 3.47. The van der Waals surface area contributed by atoms with E-state index in [1.54, 1.807) is 6.08 Å². The Kier molecular flexibility index (Phi) is 7.33. The zero-order valence-electron chi connectivity index (χ0n) is 13.7. The summed E-state index contributed by atoms with van der Waals surface area (Å²) >= 11 is 0. The quantitative estimate of drug-likeness (QED) is 0.292. The predicted molar refractivity (Wildman–Crippen MR) is 95.8 cm³/mol. The van der Waals surface area contributed by atoms with Crippen LogP contribution in [-0.2, 0) is 4.74 Å². The molecule has 0 aliphatic heterocycles. The van der Waals surface area contributed by atoms with E-state index in [0.29, 0.717) is 13.2 Å². The number of benzene rings is 1. The van der Waals surface area contributed by atoms with Crippen LogP contribution < -0.4 is 0 Å².